The van der Waals surface area contributed by atoms with Crippen LogP contribution in [0.15, 0.2) is 0 Å². The Labute approximate surface area is 110 Å². The fourth-order valence-corrected chi connectivity index (χ4v) is 3.37. The van der Waals surface area contributed by atoms with E-state index in [0.29, 0.717) is 13.2 Å². The molecule has 1 atom stereocenters. The Morgan fingerprint density at radius 2 is 2.29 bits per heavy atom. The zero-order valence-electron chi connectivity index (χ0n) is 9.69. The molecule has 0 bridgehead atoms. The summed E-state index contributed by atoms with van der Waals surface area (Å²) in [6.07, 6.45) is 0.810. The van der Waals surface area contributed by atoms with Gasteiger partial charge in [0, 0.05) is 13.1 Å². The van der Waals surface area contributed by atoms with Crippen LogP contribution in [0.5, 0.6) is 0 Å². The second-order valence-corrected chi connectivity index (χ2v) is 6.94. The fraction of sp³-hybridized carbons (Fsp3) is 0.889. The van der Waals surface area contributed by atoms with E-state index in [1.165, 1.54) is 4.31 Å². The molecule has 1 heterocycles. The smallest absolute Gasteiger partial charge is 0.240 e. The molecular formula is C9H17BrN2O4S. The van der Waals surface area contributed by atoms with E-state index in [-0.39, 0.29) is 23.7 Å². The van der Waals surface area contributed by atoms with Gasteiger partial charge in [-0.3, -0.25) is 4.79 Å². The molecule has 17 heavy (non-hydrogen) atoms. The molecule has 100 valence electrons. The lowest BCUT2D eigenvalue weighted by Gasteiger charge is -2.32. The molecule has 0 radical (unpaired) electrons. The molecule has 1 aliphatic heterocycles. The summed E-state index contributed by atoms with van der Waals surface area (Å²) < 4.78 is 29.8. The second-order valence-electron chi connectivity index (χ2n) is 3.71. The fourth-order valence-electron chi connectivity index (χ4n) is 1.56. The summed E-state index contributed by atoms with van der Waals surface area (Å²) >= 11 is 2.93. The van der Waals surface area contributed by atoms with Gasteiger partial charge < -0.3 is 10.1 Å². The summed E-state index contributed by atoms with van der Waals surface area (Å²) in [5, 5.41) is 2.69. The Morgan fingerprint density at radius 3 is 2.88 bits per heavy atom. The topological polar surface area (TPSA) is 75.7 Å². The number of amides is 1. The zero-order chi connectivity index (χ0) is 12.9. The Bertz CT molecular complexity index is 360. The van der Waals surface area contributed by atoms with E-state index in [4.69, 9.17) is 4.74 Å². The molecule has 6 nitrogen and oxygen atoms in total. The number of carbonyl (C=O) groups is 1. The maximum atomic E-state index is 11.8. The van der Waals surface area contributed by atoms with Gasteiger partial charge >= 0.3 is 0 Å². The first-order valence-corrected chi connectivity index (χ1v) is 8.17. The largest absolute Gasteiger partial charge is 0.378 e. The molecule has 1 fully saturated rings. The summed E-state index contributed by atoms with van der Waals surface area (Å²) in [5.74, 6) is -0.295. The molecule has 1 aliphatic rings. The highest BCUT2D eigenvalue weighted by Crippen LogP contribution is 2.14. The number of hydrogen-bond donors (Lipinski definition) is 1. The highest BCUT2D eigenvalue weighted by Gasteiger charge is 2.36. The van der Waals surface area contributed by atoms with Crippen molar-refractivity contribution in [2.24, 2.45) is 0 Å². The standard InChI is InChI=1S/C9H17BrN2O4S/c1-2-3-11-9(13)8-6-16-5-4-12(8)17(14,15)7-10/h8H,2-7H2,1H3,(H,11,13). The van der Waals surface area contributed by atoms with Crippen molar-refractivity contribution < 1.29 is 17.9 Å². The molecule has 0 aromatic heterocycles. The first kappa shape index (κ1) is 14.9. The number of nitrogens with one attached hydrogen (secondary N) is 1. The maximum Gasteiger partial charge on any atom is 0.240 e. The highest BCUT2D eigenvalue weighted by molar-refractivity contribution is 9.10. The Balaban J connectivity index is 2.76. The van der Waals surface area contributed by atoms with Gasteiger partial charge in [-0.2, -0.15) is 4.31 Å². The van der Waals surface area contributed by atoms with Crippen molar-refractivity contribution >= 4 is 31.9 Å². The lowest BCUT2D eigenvalue weighted by molar-refractivity contribution is -0.129. The van der Waals surface area contributed by atoms with Crippen LogP contribution < -0.4 is 5.32 Å². The molecule has 0 aromatic carbocycles. The van der Waals surface area contributed by atoms with Gasteiger partial charge in [-0.1, -0.05) is 22.9 Å². The van der Waals surface area contributed by atoms with Crippen LogP contribution in [-0.4, -0.2) is 55.6 Å². The van der Waals surface area contributed by atoms with Crippen LogP contribution in [0.4, 0.5) is 0 Å². The van der Waals surface area contributed by atoms with Crippen molar-refractivity contribution in [3.63, 3.8) is 0 Å². The van der Waals surface area contributed by atoms with Gasteiger partial charge in [-0.15, -0.1) is 0 Å². The van der Waals surface area contributed by atoms with Crippen LogP contribution in [0.1, 0.15) is 13.3 Å². The van der Waals surface area contributed by atoms with Crippen molar-refractivity contribution in [2.75, 3.05) is 31.0 Å². The van der Waals surface area contributed by atoms with Gasteiger partial charge in [0.2, 0.25) is 15.9 Å². The number of alkyl halides is 1. The average molecular weight is 329 g/mol. The van der Waals surface area contributed by atoms with E-state index >= 15 is 0 Å². The number of morpholine rings is 1. The third kappa shape index (κ3) is 3.90. The van der Waals surface area contributed by atoms with Crippen molar-refractivity contribution in [3.8, 4) is 0 Å². The number of sulfonamides is 1. The minimum Gasteiger partial charge on any atom is -0.378 e. The van der Waals surface area contributed by atoms with Gasteiger partial charge in [-0.25, -0.2) is 8.42 Å². The van der Waals surface area contributed by atoms with E-state index in [1.807, 2.05) is 6.92 Å². The number of rotatable bonds is 5. The maximum absolute atomic E-state index is 11.8. The minimum atomic E-state index is -3.43. The van der Waals surface area contributed by atoms with Crippen molar-refractivity contribution in [2.45, 2.75) is 19.4 Å². The molecule has 1 saturated heterocycles. The molecule has 1 rings (SSSR count). The van der Waals surface area contributed by atoms with E-state index in [1.54, 1.807) is 0 Å². The summed E-state index contributed by atoms with van der Waals surface area (Å²) in [6, 6.07) is -0.752. The van der Waals surface area contributed by atoms with Crippen molar-refractivity contribution in [1.82, 2.24) is 9.62 Å². The van der Waals surface area contributed by atoms with Crippen LogP contribution in [0.3, 0.4) is 0 Å². The molecule has 8 heteroatoms. The zero-order valence-corrected chi connectivity index (χ0v) is 12.1. The molecule has 0 spiro atoms. The summed E-state index contributed by atoms with van der Waals surface area (Å²) in [4.78, 5) is 11.8. The average Bonchev–Trinajstić information content (AvgIpc) is 2.36. The number of ether oxygens (including phenoxy) is 1. The molecule has 1 N–H and O–H groups in total. The second kappa shape index (κ2) is 6.67. The summed E-state index contributed by atoms with van der Waals surface area (Å²) in [6.45, 7) is 3.13. The van der Waals surface area contributed by atoms with Crippen molar-refractivity contribution in [1.29, 1.82) is 0 Å². The minimum absolute atomic E-state index is 0.113. The Morgan fingerprint density at radius 1 is 1.59 bits per heavy atom. The van der Waals surface area contributed by atoms with Gasteiger partial charge in [0.15, 0.2) is 0 Å². The van der Waals surface area contributed by atoms with Crippen LogP contribution in [0.2, 0.25) is 0 Å². The van der Waals surface area contributed by atoms with E-state index < -0.39 is 16.1 Å². The third-order valence-corrected chi connectivity index (χ3v) is 5.59. The number of carbonyl (C=O) groups excluding carboxylic acids is 1. The normalized spacial score (nSPS) is 22.4. The Kier molecular flexibility index (Phi) is 5.84. The van der Waals surface area contributed by atoms with E-state index in [0.717, 1.165) is 6.42 Å². The summed E-state index contributed by atoms with van der Waals surface area (Å²) in [5.41, 5.74) is 0. The molecule has 1 unspecified atom stereocenters. The number of halogens is 1. The van der Waals surface area contributed by atoms with E-state index in [9.17, 15) is 13.2 Å². The van der Waals surface area contributed by atoms with Gasteiger partial charge in [0.1, 0.15) is 10.7 Å². The number of nitrogens with zero attached hydrogens (tertiary/aromatic N) is 1. The summed E-state index contributed by atoms with van der Waals surface area (Å²) in [7, 11) is -3.43. The monoisotopic (exact) mass is 328 g/mol. The molecule has 1 amide bonds. The quantitative estimate of drug-likeness (QED) is 0.715. The van der Waals surface area contributed by atoms with Crippen LogP contribution in [0.25, 0.3) is 0 Å². The predicted molar refractivity (Wildman–Crippen MR) is 67.3 cm³/mol. The molecule has 0 aromatic rings. The van der Waals surface area contributed by atoms with Gasteiger partial charge in [0.05, 0.1) is 13.2 Å². The number of hydrogen-bond acceptors (Lipinski definition) is 4. The van der Waals surface area contributed by atoms with Crippen LogP contribution >= 0.6 is 15.9 Å². The first-order chi connectivity index (χ1) is 8.03. The lowest BCUT2D eigenvalue weighted by Crippen LogP contribution is -2.56. The molecule has 0 aliphatic carbocycles. The molecule has 0 saturated carbocycles. The lowest BCUT2D eigenvalue weighted by atomic mass is 10.2. The highest BCUT2D eigenvalue weighted by atomic mass is 79.9. The van der Waals surface area contributed by atoms with Crippen LogP contribution in [0, 0.1) is 0 Å². The third-order valence-electron chi connectivity index (χ3n) is 2.43. The van der Waals surface area contributed by atoms with Crippen molar-refractivity contribution in [3.05, 3.63) is 0 Å². The SMILES string of the molecule is CCCNC(=O)C1COCCN1S(=O)(=O)CBr. The Hall–Kier alpha value is -0.180. The molecular weight excluding hydrogens is 312 g/mol. The first-order valence-electron chi connectivity index (χ1n) is 5.44. The van der Waals surface area contributed by atoms with E-state index in [2.05, 4.69) is 21.2 Å². The van der Waals surface area contributed by atoms with Gasteiger partial charge in [-0.05, 0) is 6.42 Å². The predicted octanol–water partition coefficient (Wildman–Crippen LogP) is -0.104. The van der Waals surface area contributed by atoms with Crippen LogP contribution in [-0.2, 0) is 19.6 Å². The van der Waals surface area contributed by atoms with Gasteiger partial charge in [0.25, 0.3) is 0 Å².